The highest BCUT2D eigenvalue weighted by Crippen LogP contribution is 2.28. The highest BCUT2D eigenvalue weighted by Gasteiger charge is 2.35. The molecule has 1 aliphatic carbocycles. The van der Waals surface area contributed by atoms with Gasteiger partial charge in [0.1, 0.15) is 6.54 Å². The minimum absolute atomic E-state index is 0.0385. The van der Waals surface area contributed by atoms with Crippen LogP contribution in [-0.2, 0) is 17.8 Å². The zero-order valence-corrected chi connectivity index (χ0v) is 21.7. The number of nitrogens with one attached hydrogen (secondary N) is 2. The Bertz CT molecular complexity index is 1400. The predicted octanol–water partition coefficient (Wildman–Crippen LogP) is 6.40. The molecular weight excluding hydrogens is 484 g/mol. The normalized spacial score (nSPS) is 12.9. The third-order valence-electron chi connectivity index (χ3n) is 6.87. The van der Waals surface area contributed by atoms with E-state index in [0.29, 0.717) is 23.8 Å². The molecule has 1 heterocycles. The van der Waals surface area contributed by atoms with Crippen LogP contribution in [0.4, 0.5) is 10.5 Å². The summed E-state index contributed by atoms with van der Waals surface area (Å²) < 4.78 is 0. The number of hydrogen-bond donors (Lipinski definition) is 2. The number of amides is 3. The lowest BCUT2D eigenvalue weighted by molar-refractivity contribution is -0.132. The van der Waals surface area contributed by atoms with Crippen LogP contribution in [0.25, 0.3) is 10.9 Å². The number of rotatable bonds is 9. The molecule has 4 aromatic rings. The van der Waals surface area contributed by atoms with Crippen molar-refractivity contribution in [1.82, 2.24) is 14.8 Å². The van der Waals surface area contributed by atoms with Crippen LogP contribution in [0, 0.1) is 6.92 Å². The number of aryl methyl sites for hydroxylation is 1. The molecule has 0 atom stereocenters. The van der Waals surface area contributed by atoms with Crippen molar-refractivity contribution in [3.05, 3.63) is 101 Å². The van der Waals surface area contributed by atoms with E-state index in [1.54, 1.807) is 11.0 Å². The van der Waals surface area contributed by atoms with Crippen LogP contribution in [0.5, 0.6) is 0 Å². The molecule has 37 heavy (non-hydrogen) atoms. The summed E-state index contributed by atoms with van der Waals surface area (Å²) in [7, 11) is 0. The van der Waals surface area contributed by atoms with Gasteiger partial charge >= 0.3 is 6.03 Å². The number of aromatic nitrogens is 1. The Balaban J connectivity index is 1.31. The Morgan fingerprint density at radius 1 is 1.03 bits per heavy atom. The van der Waals surface area contributed by atoms with E-state index >= 15 is 0 Å². The van der Waals surface area contributed by atoms with Gasteiger partial charge in [0, 0.05) is 46.9 Å². The molecule has 1 fully saturated rings. The first-order valence-electron chi connectivity index (χ1n) is 12.7. The van der Waals surface area contributed by atoms with Gasteiger partial charge in [0.25, 0.3) is 0 Å². The fourth-order valence-corrected chi connectivity index (χ4v) is 4.73. The number of carbonyl (C=O) groups excluding carboxylic acids is 2. The van der Waals surface area contributed by atoms with Crippen molar-refractivity contribution in [2.45, 2.75) is 38.8 Å². The van der Waals surface area contributed by atoms with Crippen molar-refractivity contribution in [1.29, 1.82) is 0 Å². The van der Waals surface area contributed by atoms with Crippen LogP contribution < -0.4 is 5.32 Å². The first-order chi connectivity index (χ1) is 18.0. The molecule has 0 spiro atoms. The number of nitrogens with zero attached hydrogens (tertiary/aromatic N) is 2. The van der Waals surface area contributed by atoms with Crippen molar-refractivity contribution < 1.29 is 9.59 Å². The molecule has 0 radical (unpaired) electrons. The molecule has 3 aromatic carbocycles. The van der Waals surface area contributed by atoms with E-state index in [9.17, 15) is 9.59 Å². The Morgan fingerprint density at radius 2 is 1.78 bits per heavy atom. The largest absolute Gasteiger partial charge is 0.361 e. The van der Waals surface area contributed by atoms with E-state index < -0.39 is 0 Å². The second kappa shape index (κ2) is 11.1. The Hall–Kier alpha value is -3.77. The monoisotopic (exact) mass is 514 g/mol. The van der Waals surface area contributed by atoms with Crippen LogP contribution in [0.2, 0.25) is 5.02 Å². The van der Waals surface area contributed by atoms with Crippen LogP contribution in [0.3, 0.4) is 0 Å². The molecule has 0 aliphatic heterocycles. The van der Waals surface area contributed by atoms with Gasteiger partial charge < -0.3 is 20.1 Å². The average molecular weight is 515 g/mol. The Labute approximate surface area is 222 Å². The number of urea groups is 1. The number of anilines is 1. The van der Waals surface area contributed by atoms with Crippen molar-refractivity contribution in [3.63, 3.8) is 0 Å². The first-order valence-corrected chi connectivity index (χ1v) is 13.1. The third kappa shape index (κ3) is 6.15. The number of hydrogen-bond acceptors (Lipinski definition) is 2. The zero-order chi connectivity index (χ0) is 25.8. The lowest BCUT2D eigenvalue weighted by Crippen LogP contribution is -2.45. The highest BCUT2D eigenvalue weighted by atomic mass is 35.5. The molecule has 0 unspecified atom stereocenters. The van der Waals surface area contributed by atoms with E-state index in [1.807, 2.05) is 72.6 Å². The summed E-state index contributed by atoms with van der Waals surface area (Å²) in [5.41, 5.74) is 4.90. The van der Waals surface area contributed by atoms with E-state index in [1.165, 1.54) is 10.9 Å². The summed E-state index contributed by atoms with van der Waals surface area (Å²) in [6, 6.07) is 23.4. The number of aromatic amines is 1. The number of para-hydroxylation sites is 1. The van der Waals surface area contributed by atoms with Gasteiger partial charge in [0.2, 0.25) is 5.91 Å². The van der Waals surface area contributed by atoms with Gasteiger partial charge in [-0.25, -0.2) is 4.79 Å². The molecule has 190 valence electrons. The highest BCUT2D eigenvalue weighted by molar-refractivity contribution is 6.31. The standard InChI is InChI=1S/C30H31ClN4O2/c1-21-11-12-24(17-27(21)31)33-30(37)35(25-13-14-25)20-29(36)34(19-22-7-3-2-4-8-22)16-15-23-18-32-28-10-6-5-9-26(23)28/h2-12,17-18,25,32H,13-16,19-20H2,1H3,(H,33,37). The Morgan fingerprint density at radius 3 is 2.54 bits per heavy atom. The SMILES string of the molecule is Cc1ccc(NC(=O)N(CC(=O)N(CCc2c[nH]c3ccccc23)Cc2ccccc2)C2CC2)cc1Cl. The van der Waals surface area contributed by atoms with Crippen LogP contribution in [0.15, 0.2) is 79.0 Å². The van der Waals surface area contributed by atoms with Gasteiger partial charge in [-0.1, -0.05) is 66.2 Å². The van der Waals surface area contributed by atoms with Crippen LogP contribution in [-0.4, -0.2) is 45.9 Å². The van der Waals surface area contributed by atoms with Gasteiger partial charge in [-0.05, 0) is 61.1 Å². The van der Waals surface area contributed by atoms with E-state index in [0.717, 1.165) is 35.9 Å². The van der Waals surface area contributed by atoms with Gasteiger partial charge in [-0.15, -0.1) is 0 Å². The topological polar surface area (TPSA) is 68.4 Å². The summed E-state index contributed by atoms with van der Waals surface area (Å²) in [5.74, 6) is -0.0623. The molecule has 3 amide bonds. The minimum Gasteiger partial charge on any atom is -0.361 e. The first kappa shape index (κ1) is 24.9. The lowest BCUT2D eigenvalue weighted by Gasteiger charge is -2.28. The van der Waals surface area contributed by atoms with E-state index in [4.69, 9.17) is 11.6 Å². The van der Waals surface area contributed by atoms with Gasteiger partial charge in [0.15, 0.2) is 0 Å². The molecule has 1 aliphatic rings. The molecule has 5 rings (SSSR count). The van der Waals surface area contributed by atoms with Crippen LogP contribution >= 0.6 is 11.6 Å². The average Bonchev–Trinajstić information content (AvgIpc) is 3.67. The van der Waals surface area contributed by atoms with Gasteiger partial charge in [-0.2, -0.15) is 0 Å². The van der Waals surface area contributed by atoms with E-state index in [-0.39, 0.29) is 24.5 Å². The summed E-state index contributed by atoms with van der Waals surface area (Å²) in [4.78, 5) is 33.7. The van der Waals surface area contributed by atoms with Crippen molar-refractivity contribution in [2.24, 2.45) is 0 Å². The maximum atomic E-state index is 13.6. The zero-order valence-electron chi connectivity index (χ0n) is 20.9. The van der Waals surface area contributed by atoms with E-state index in [2.05, 4.69) is 22.4 Å². The smallest absolute Gasteiger partial charge is 0.322 e. The number of carbonyl (C=O) groups is 2. The molecule has 0 bridgehead atoms. The number of halogens is 1. The third-order valence-corrected chi connectivity index (χ3v) is 7.28. The maximum Gasteiger partial charge on any atom is 0.322 e. The molecule has 6 nitrogen and oxygen atoms in total. The molecule has 2 N–H and O–H groups in total. The second-order valence-corrected chi connectivity index (χ2v) is 10.1. The summed E-state index contributed by atoms with van der Waals surface area (Å²) >= 11 is 6.24. The summed E-state index contributed by atoms with van der Waals surface area (Å²) in [5, 5.41) is 4.69. The second-order valence-electron chi connectivity index (χ2n) is 9.66. The maximum absolute atomic E-state index is 13.6. The summed E-state index contributed by atoms with van der Waals surface area (Å²) in [6.07, 6.45) is 4.55. The molecule has 0 saturated heterocycles. The quantitative estimate of drug-likeness (QED) is 0.271. The molecular formula is C30H31ClN4O2. The van der Waals surface area contributed by atoms with Gasteiger partial charge in [-0.3, -0.25) is 4.79 Å². The fourth-order valence-electron chi connectivity index (χ4n) is 4.55. The van der Waals surface area contributed by atoms with Gasteiger partial charge in [0.05, 0.1) is 0 Å². The molecule has 7 heteroatoms. The minimum atomic E-state index is -0.271. The Kier molecular flexibility index (Phi) is 7.47. The fraction of sp³-hybridized carbons (Fsp3) is 0.267. The number of H-pyrrole nitrogens is 1. The molecule has 1 aromatic heterocycles. The number of benzene rings is 3. The van der Waals surface area contributed by atoms with Crippen molar-refractivity contribution in [2.75, 3.05) is 18.4 Å². The van der Waals surface area contributed by atoms with Crippen molar-refractivity contribution >= 4 is 40.1 Å². The molecule has 1 saturated carbocycles. The van der Waals surface area contributed by atoms with Crippen LogP contribution in [0.1, 0.15) is 29.5 Å². The predicted molar refractivity (Wildman–Crippen MR) is 149 cm³/mol. The van der Waals surface area contributed by atoms with Crippen molar-refractivity contribution in [3.8, 4) is 0 Å². The lowest BCUT2D eigenvalue weighted by atomic mass is 10.1. The number of fused-ring (bicyclic) bond motifs is 1. The summed E-state index contributed by atoms with van der Waals surface area (Å²) in [6.45, 7) is 3.01.